The molecule has 1 N–H and O–H groups in total. The molecule has 3 aromatic rings. The first-order chi connectivity index (χ1) is 11.8. The molecule has 24 heavy (non-hydrogen) atoms. The van der Waals surface area contributed by atoms with Crippen molar-refractivity contribution in [2.45, 2.75) is 32.2 Å². The molecule has 0 spiro atoms. The van der Waals surface area contributed by atoms with Crippen molar-refractivity contribution in [3.8, 4) is 22.5 Å². The van der Waals surface area contributed by atoms with Crippen LogP contribution in [0.2, 0.25) is 0 Å². The number of aryl methyl sites for hydroxylation is 1. The number of nitrogens with zero attached hydrogens (tertiary/aromatic N) is 1. The summed E-state index contributed by atoms with van der Waals surface area (Å²) in [6, 6.07) is 17.5. The summed E-state index contributed by atoms with van der Waals surface area (Å²) in [6.07, 6.45) is 2.69. The van der Waals surface area contributed by atoms with Gasteiger partial charge >= 0.3 is 0 Å². The van der Waals surface area contributed by atoms with E-state index in [-0.39, 0.29) is 0 Å². The highest BCUT2D eigenvalue weighted by molar-refractivity contribution is 5.70. The van der Waals surface area contributed by atoms with Crippen molar-refractivity contribution in [2.75, 3.05) is 7.05 Å². The molecule has 1 aliphatic rings. The average molecular weight is 318 g/mol. The number of hydrogen-bond acceptors (Lipinski definition) is 3. The summed E-state index contributed by atoms with van der Waals surface area (Å²) in [5.74, 6) is 1.67. The van der Waals surface area contributed by atoms with Crippen molar-refractivity contribution < 1.29 is 4.52 Å². The fraction of sp³-hybridized carbons (Fsp3) is 0.286. The standard InChI is InChI=1S/C21H22N2O/c1-14-20(13-22-2)21(24-23-14)19-11-9-18(10-12-19)17-7-5-16(6-8-17)15-3-4-15/h5-12,15,22H,3-4,13H2,1-2H3. The van der Waals surface area contributed by atoms with Crippen molar-refractivity contribution >= 4 is 0 Å². The van der Waals surface area contributed by atoms with Crippen LogP contribution in [0.3, 0.4) is 0 Å². The monoisotopic (exact) mass is 318 g/mol. The molecule has 0 aliphatic heterocycles. The SMILES string of the molecule is CNCc1c(C)noc1-c1ccc(-c2ccc(C3CC3)cc2)cc1. The zero-order valence-corrected chi connectivity index (χ0v) is 14.2. The second-order valence-corrected chi connectivity index (χ2v) is 6.58. The molecule has 1 heterocycles. The first-order valence-corrected chi connectivity index (χ1v) is 8.57. The topological polar surface area (TPSA) is 38.1 Å². The lowest BCUT2D eigenvalue weighted by molar-refractivity contribution is 0.426. The maximum Gasteiger partial charge on any atom is 0.171 e. The molecular weight excluding hydrogens is 296 g/mol. The molecule has 0 radical (unpaired) electrons. The number of aromatic nitrogens is 1. The average Bonchev–Trinajstić information content (AvgIpc) is 3.41. The first-order valence-electron chi connectivity index (χ1n) is 8.57. The molecule has 0 unspecified atom stereocenters. The van der Waals surface area contributed by atoms with E-state index in [2.05, 4.69) is 59.0 Å². The van der Waals surface area contributed by atoms with Crippen molar-refractivity contribution in [3.05, 3.63) is 65.4 Å². The van der Waals surface area contributed by atoms with E-state index < -0.39 is 0 Å². The minimum atomic E-state index is 0.759. The normalized spacial score (nSPS) is 14.1. The summed E-state index contributed by atoms with van der Waals surface area (Å²) in [5.41, 5.74) is 7.10. The van der Waals surface area contributed by atoms with Crippen molar-refractivity contribution in [2.24, 2.45) is 0 Å². The lowest BCUT2D eigenvalue weighted by Crippen LogP contribution is -2.06. The molecule has 1 fully saturated rings. The maximum absolute atomic E-state index is 5.54. The van der Waals surface area contributed by atoms with Gasteiger partial charge in [-0.25, -0.2) is 0 Å². The molecule has 122 valence electrons. The summed E-state index contributed by atoms with van der Waals surface area (Å²) in [6.45, 7) is 2.74. The van der Waals surface area contributed by atoms with E-state index in [1.54, 1.807) is 0 Å². The molecule has 3 heteroatoms. The lowest BCUT2D eigenvalue weighted by atomic mass is 9.99. The largest absolute Gasteiger partial charge is 0.356 e. The number of rotatable bonds is 5. The Morgan fingerprint density at radius 1 is 0.958 bits per heavy atom. The van der Waals surface area contributed by atoms with E-state index >= 15 is 0 Å². The number of benzene rings is 2. The second-order valence-electron chi connectivity index (χ2n) is 6.58. The predicted molar refractivity (Wildman–Crippen MR) is 96.9 cm³/mol. The third kappa shape index (κ3) is 2.87. The van der Waals surface area contributed by atoms with Gasteiger partial charge in [-0.1, -0.05) is 53.7 Å². The van der Waals surface area contributed by atoms with Gasteiger partial charge in [0.25, 0.3) is 0 Å². The predicted octanol–water partition coefficient (Wildman–Crippen LogP) is 4.91. The first kappa shape index (κ1) is 15.2. The number of nitrogens with one attached hydrogen (secondary N) is 1. The van der Waals surface area contributed by atoms with Crippen LogP contribution in [0.25, 0.3) is 22.5 Å². The molecule has 1 aliphatic carbocycles. The zero-order valence-electron chi connectivity index (χ0n) is 14.2. The van der Waals surface area contributed by atoms with Gasteiger partial charge < -0.3 is 9.84 Å². The molecule has 0 atom stereocenters. The number of hydrogen-bond donors (Lipinski definition) is 1. The van der Waals surface area contributed by atoms with E-state index in [1.165, 1.54) is 29.5 Å². The Hall–Kier alpha value is -2.39. The fourth-order valence-corrected chi connectivity index (χ4v) is 3.18. The van der Waals surface area contributed by atoms with Gasteiger partial charge in [0.15, 0.2) is 5.76 Å². The highest BCUT2D eigenvalue weighted by Crippen LogP contribution is 2.40. The van der Waals surface area contributed by atoms with Crippen LogP contribution in [0, 0.1) is 6.92 Å². The Bertz CT molecular complexity index is 827. The lowest BCUT2D eigenvalue weighted by Gasteiger charge is -2.06. The molecule has 2 aromatic carbocycles. The van der Waals surface area contributed by atoms with Gasteiger partial charge in [0.05, 0.1) is 5.69 Å². The second kappa shape index (κ2) is 6.25. The van der Waals surface area contributed by atoms with Crippen LogP contribution in [0.5, 0.6) is 0 Å². The van der Waals surface area contributed by atoms with Crippen LogP contribution in [-0.4, -0.2) is 12.2 Å². The molecule has 0 amide bonds. The summed E-state index contributed by atoms with van der Waals surface area (Å²) < 4.78 is 5.54. The Kier molecular flexibility index (Phi) is 3.95. The highest BCUT2D eigenvalue weighted by Gasteiger charge is 2.23. The van der Waals surface area contributed by atoms with Crippen LogP contribution in [0.1, 0.15) is 35.6 Å². The van der Waals surface area contributed by atoms with E-state index in [9.17, 15) is 0 Å². The third-order valence-corrected chi connectivity index (χ3v) is 4.78. The minimum absolute atomic E-state index is 0.759. The molecule has 0 bridgehead atoms. The van der Waals surface area contributed by atoms with Crippen LogP contribution in [0.15, 0.2) is 53.1 Å². The Morgan fingerprint density at radius 2 is 1.54 bits per heavy atom. The maximum atomic E-state index is 5.54. The van der Waals surface area contributed by atoms with Gasteiger partial charge in [-0.3, -0.25) is 0 Å². The van der Waals surface area contributed by atoms with Gasteiger partial charge in [-0.2, -0.15) is 0 Å². The van der Waals surface area contributed by atoms with Crippen molar-refractivity contribution in [1.82, 2.24) is 10.5 Å². The quantitative estimate of drug-likeness (QED) is 0.726. The van der Waals surface area contributed by atoms with E-state index in [0.29, 0.717) is 0 Å². The molecule has 0 saturated heterocycles. The van der Waals surface area contributed by atoms with E-state index in [4.69, 9.17) is 4.52 Å². The fourth-order valence-electron chi connectivity index (χ4n) is 3.18. The van der Waals surface area contributed by atoms with Gasteiger partial charge in [0, 0.05) is 17.7 Å². The smallest absolute Gasteiger partial charge is 0.171 e. The summed E-state index contributed by atoms with van der Waals surface area (Å²) in [5, 5.41) is 7.29. The Morgan fingerprint density at radius 3 is 2.12 bits per heavy atom. The van der Waals surface area contributed by atoms with Gasteiger partial charge in [-0.15, -0.1) is 0 Å². The molecule has 3 nitrogen and oxygen atoms in total. The van der Waals surface area contributed by atoms with Gasteiger partial charge in [0.2, 0.25) is 0 Å². The van der Waals surface area contributed by atoms with Gasteiger partial charge in [0.1, 0.15) is 0 Å². The summed E-state index contributed by atoms with van der Waals surface area (Å²) >= 11 is 0. The summed E-state index contributed by atoms with van der Waals surface area (Å²) in [4.78, 5) is 0. The Balaban J connectivity index is 1.60. The van der Waals surface area contributed by atoms with Crippen LogP contribution < -0.4 is 5.32 Å². The zero-order chi connectivity index (χ0) is 16.5. The van der Waals surface area contributed by atoms with Crippen LogP contribution in [0.4, 0.5) is 0 Å². The van der Waals surface area contributed by atoms with Crippen molar-refractivity contribution in [1.29, 1.82) is 0 Å². The summed E-state index contributed by atoms with van der Waals surface area (Å²) in [7, 11) is 1.94. The van der Waals surface area contributed by atoms with Crippen LogP contribution in [-0.2, 0) is 6.54 Å². The van der Waals surface area contributed by atoms with E-state index in [1.807, 2.05) is 14.0 Å². The van der Waals surface area contributed by atoms with Crippen LogP contribution >= 0.6 is 0 Å². The highest BCUT2D eigenvalue weighted by atomic mass is 16.5. The Labute approximate surface area is 142 Å². The molecular formula is C21H22N2O. The minimum Gasteiger partial charge on any atom is -0.356 e. The van der Waals surface area contributed by atoms with Crippen molar-refractivity contribution in [3.63, 3.8) is 0 Å². The van der Waals surface area contributed by atoms with Gasteiger partial charge in [-0.05, 0) is 49.4 Å². The molecule has 1 saturated carbocycles. The third-order valence-electron chi connectivity index (χ3n) is 4.78. The molecule has 4 rings (SSSR count). The molecule has 1 aromatic heterocycles. The van der Waals surface area contributed by atoms with E-state index in [0.717, 1.165) is 35.0 Å².